The summed E-state index contributed by atoms with van der Waals surface area (Å²) in [5.41, 5.74) is 8.41. The molecule has 0 unspecified atom stereocenters. The van der Waals surface area contributed by atoms with Crippen molar-refractivity contribution in [3.8, 4) is 17.1 Å². The average Bonchev–Trinajstić information content (AvgIpc) is 2.87. The van der Waals surface area contributed by atoms with Crippen LogP contribution in [0, 0.1) is 0 Å². The molecular weight excluding hydrogens is 314 g/mol. The number of nitrogen functional groups attached to an aromatic ring is 1. The number of methoxy groups -OCH3 is 1. The van der Waals surface area contributed by atoms with Crippen LogP contribution in [0.5, 0.6) is 5.75 Å². The lowest BCUT2D eigenvalue weighted by molar-refractivity contribution is 0.414. The van der Waals surface area contributed by atoms with Gasteiger partial charge in [-0.1, -0.05) is 39.0 Å². The maximum atomic E-state index is 13.0. The highest BCUT2D eigenvalue weighted by Gasteiger charge is 2.28. The average molecular weight is 337 g/mol. The molecule has 2 aromatic carbocycles. The fraction of sp³-hybridized carbons (Fsp3) is 0.250. The highest BCUT2D eigenvalue weighted by Crippen LogP contribution is 2.30. The largest absolute Gasteiger partial charge is 0.497 e. The summed E-state index contributed by atoms with van der Waals surface area (Å²) in [6.07, 6.45) is 0. The highest BCUT2D eigenvalue weighted by atomic mass is 16.5. The first-order valence-electron chi connectivity index (χ1n) is 8.18. The summed E-state index contributed by atoms with van der Waals surface area (Å²) in [4.78, 5) is 13.0. The van der Waals surface area contributed by atoms with Crippen LogP contribution >= 0.6 is 0 Å². The van der Waals surface area contributed by atoms with Gasteiger partial charge in [0.1, 0.15) is 11.4 Å². The number of hydrogen-bond acceptors (Lipinski definition) is 3. The van der Waals surface area contributed by atoms with Gasteiger partial charge >= 0.3 is 0 Å². The molecule has 2 N–H and O–H groups in total. The van der Waals surface area contributed by atoms with E-state index >= 15 is 0 Å². The van der Waals surface area contributed by atoms with Gasteiger partial charge < -0.3 is 10.5 Å². The lowest BCUT2D eigenvalue weighted by atomic mass is 9.91. The van der Waals surface area contributed by atoms with E-state index in [0.29, 0.717) is 0 Å². The second kappa shape index (κ2) is 6.16. The molecular formula is C20H23N3O2. The van der Waals surface area contributed by atoms with Crippen molar-refractivity contribution in [2.24, 2.45) is 0 Å². The highest BCUT2D eigenvalue weighted by molar-refractivity contribution is 5.53. The first-order chi connectivity index (χ1) is 11.8. The van der Waals surface area contributed by atoms with E-state index in [4.69, 9.17) is 10.5 Å². The van der Waals surface area contributed by atoms with E-state index in [9.17, 15) is 4.79 Å². The second-order valence-corrected chi connectivity index (χ2v) is 6.97. The Balaban J connectivity index is 2.36. The summed E-state index contributed by atoms with van der Waals surface area (Å²) < 4.78 is 8.73. The lowest BCUT2D eigenvalue weighted by Crippen LogP contribution is -2.23. The van der Waals surface area contributed by atoms with Gasteiger partial charge in [-0.3, -0.25) is 4.79 Å². The van der Waals surface area contributed by atoms with Crippen molar-refractivity contribution in [1.29, 1.82) is 0 Å². The molecule has 5 nitrogen and oxygen atoms in total. The Morgan fingerprint density at radius 1 is 0.880 bits per heavy atom. The molecule has 0 aliphatic heterocycles. The molecule has 3 rings (SSSR count). The molecule has 0 aliphatic rings. The molecule has 1 aromatic heterocycles. The van der Waals surface area contributed by atoms with Gasteiger partial charge in [0.25, 0.3) is 5.56 Å². The van der Waals surface area contributed by atoms with Crippen molar-refractivity contribution < 1.29 is 4.74 Å². The van der Waals surface area contributed by atoms with Crippen LogP contribution in [-0.2, 0) is 5.41 Å². The van der Waals surface area contributed by atoms with Crippen LogP contribution in [0.25, 0.3) is 11.4 Å². The molecule has 0 spiro atoms. The van der Waals surface area contributed by atoms with E-state index in [0.717, 1.165) is 22.8 Å². The molecule has 25 heavy (non-hydrogen) atoms. The number of para-hydroxylation sites is 1. The van der Waals surface area contributed by atoms with Crippen LogP contribution in [0.3, 0.4) is 0 Å². The van der Waals surface area contributed by atoms with E-state index in [-0.39, 0.29) is 16.7 Å². The Morgan fingerprint density at radius 3 is 1.96 bits per heavy atom. The standard InChI is InChI=1S/C20H23N3O2/c1-20(2,3)18-17(21)19(24)23(15-10-12-16(25-4)13-11-15)22(18)14-8-6-5-7-9-14/h5-13H,21H2,1-4H3. The van der Waals surface area contributed by atoms with E-state index in [2.05, 4.69) is 20.8 Å². The van der Waals surface area contributed by atoms with Crippen molar-refractivity contribution in [2.75, 3.05) is 12.8 Å². The molecule has 0 aliphatic carbocycles. The third-order valence-corrected chi connectivity index (χ3v) is 4.12. The van der Waals surface area contributed by atoms with E-state index < -0.39 is 0 Å². The van der Waals surface area contributed by atoms with Gasteiger partial charge in [0.2, 0.25) is 0 Å². The van der Waals surface area contributed by atoms with Crippen molar-refractivity contribution in [3.05, 3.63) is 70.6 Å². The topological polar surface area (TPSA) is 62.2 Å². The molecule has 3 aromatic rings. The van der Waals surface area contributed by atoms with Crippen LogP contribution in [-0.4, -0.2) is 16.5 Å². The van der Waals surface area contributed by atoms with Gasteiger partial charge in [-0.2, -0.15) is 0 Å². The van der Waals surface area contributed by atoms with Gasteiger partial charge in [-0.15, -0.1) is 0 Å². The number of nitrogens with zero attached hydrogens (tertiary/aromatic N) is 2. The van der Waals surface area contributed by atoms with Crippen LogP contribution in [0.1, 0.15) is 26.5 Å². The molecule has 0 amide bonds. The minimum absolute atomic E-state index is 0.223. The number of ether oxygens (including phenoxy) is 1. The quantitative estimate of drug-likeness (QED) is 0.795. The smallest absolute Gasteiger partial charge is 0.295 e. The number of anilines is 1. The van der Waals surface area contributed by atoms with Gasteiger partial charge in [0.05, 0.1) is 24.2 Å². The van der Waals surface area contributed by atoms with Crippen molar-refractivity contribution in [2.45, 2.75) is 26.2 Å². The molecule has 0 bridgehead atoms. The Bertz CT molecular complexity index is 930. The third kappa shape index (κ3) is 2.93. The zero-order valence-electron chi connectivity index (χ0n) is 15.0. The van der Waals surface area contributed by atoms with Gasteiger partial charge in [0.15, 0.2) is 0 Å². The minimum atomic E-state index is -0.295. The van der Waals surface area contributed by atoms with Crippen LogP contribution in [0.2, 0.25) is 0 Å². The molecule has 0 fully saturated rings. The van der Waals surface area contributed by atoms with Crippen molar-refractivity contribution in [3.63, 3.8) is 0 Å². The summed E-state index contributed by atoms with van der Waals surface area (Å²) >= 11 is 0. The summed E-state index contributed by atoms with van der Waals surface area (Å²) in [6, 6.07) is 17.1. The first kappa shape index (κ1) is 16.9. The Hall–Kier alpha value is -2.95. The summed E-state index contributed by atoms with van der Waals surface area (Å²) in [6.45, 7) is 6.15. The number of hydrogen-bond donors (Lipinski definition) is 1. The predicted molar refractivity (Wildman–Crippen MR) is 101 cm³/mol. The molecule has 1 heterocycles. The maximum Gasteiger partial charge on any atom is 0.295 e. The van der Waals surface area contributed by atoms with E-state index in [1.165, 1.54) is 0 Å². The molecule has 130 valence electrons. The zero-order valence-corrected chi connectivity index (χ0v) is 15.0. The maximum absolute atomic E-state index is 13.0. The molecule has 5 heteroatoms. The van der Waals surface area contributed by atoms with Crippen LogP contribution < -0.4 is 16.0 Å². The Labute approximate surface area is 147 Å². The molecule has 0 saturated heterocycles. The third-order valence-electron chi connectivity index (χ3n) is 4.12. The SMILES string of the molecule is COc1ccc(-n2c(=O)c(N)c(C(C)(C)C)n2-c2ccccc2)cc1. The van der Waals surface area contributed by atoms with E-state index in [1.54, 1.807) is 11.8 Å². The summed E-state index contributed by atoms with van der Waals surface area (Å²) in [5, 5.41) is 0. The van der Waals surface area contributed by atoms with Gasteiger partial charge in [0, 0.05) is 5.41 Å². The number of rotatable bonds is 3. The molecule has 0 radical (unpaired) electrons. The summed E-state index contributed by atoms with van der Waals surface area (Å²) in [5.74, 6) is 0.735. The number of benzene rings is 2. The van der Waals surface area contributed by atoms with Crippen molar-refractivity contribution in [1.82, 2.24) is 9.36 Å². The normalized spacial score (nSPS) is 11.5. The lowest BCUT2D eigenvalue weighted by Gasteiger charge is -2.23. The zero-order chi connectivity index (χ0) is 18.2. The Morgan fingerprint density at radius 2 is 1.44 bits per heavy atom. The number of aromatic nitrogens is 2. The predicted octanol–water partition coefficient (Wildman–Crippen LogP) is 3.52. The van der Waals surface area contributed by atoms with E-state index in [1.807, 2.05) is 59.3 Å². The minimum Gasteiger partial charge on any atom is -0.497 e. The first-order valence-corrected chi connectivity index (χ1v) is 8.18. The monoisotopic (exact) mass is 337 g/mol. The molecule has 0 saturated carbocycles. The summed E-state index contributed by atoms with van der Waals surface area (Å²) in [7, 11) is 1.61. The second-order valence-electron chi connectivity index (χ2n) is 6.97. The van der Waals surface area contributed by atoms with Crippen molar-refractivity contribution >= 4 is 5.69 Å². The fourth-order valence-electron chi connectivity index (χ4n) is 3.01. The molecule has 0 atom stereocenters. The Kier molecular flexibility index (Phi) is 4.17. The van der Waals surface area contributed by atoms with Gasteiger partial charge in [-0.05, 0) is 36.4 Å². The van der Waals surface area contributed by atoms with Crippen LogP contribution in [0.15, 0.2) is 59.4 Å². The number of nitrogens with two attached hydrogens (primary N) is 1. The van der Waals surface area contributed by atoms with Gasteiger partial charge in [-0.25, -0.2) is 9.36 Å². The fourth-order valence-corrected chi connectivity index (χ4v) is 3.01. The van der Waals surface area contributed by atoms with Crippen LogP contribution in [0.4, 0.5) is 5.69 Å².